The molecule has 1 heterocycles. The quantitative estimate of drug-likeness (QED) is 0.230. The molecule has 0 radical (unpaired) electrons. The summed E-state index contributed by atoms with van der Waals surface area (Å²) in [6, 6.07) is 45.0. The molecule has 0 saturated carbocycles. The molecule has 0 bridgehead atoms. The number of nitrogens with zero attached hydrogens (tertiary/aromatic N) is 1. The maximum absolute atomic E-state index is 3.51. The van der Waals surface area contributed by atoms with Crippen LogP contribution < -0.4 is 4.90 Å². The second-order valence-corrected chi connectivity index (χ2v) is 9.37. The highest BCUT2D eigenvalue weighted by atomic mass is 79.9. The lowest BCUT2D eigenvalue weighted by Gasteiger charge is -2.25. The number of fused-ring (bicyclic) bond motifs is 3. The fourth-order valence-corrected chi connectivity index (χ4v) is 4.43. The van der Waals surface area contributed by atoms with Crippen LogP contribution in [0.3, 0.4) is 0 Å². The van der Waals surface area contributed by atoms with Gasteiger partial charge in [0, 0.05) is 44.2 Å². The molecule has 1 aromatic heterocycles. The van der Waals surface area contributed by atoms with Crippen molar-refractivity contribution in [2.75, 3.05) is 10.2 Å². The number of anilines is 3. The van der Waals surface area contributed by atoms with Crippen molar-refractivity contribution in [2.45, 2.75) is 6.92 Å². The summed E-state index contributed by atoms with van der Waals surface area (Å²) >= 11 is 3.15. The Labute approximate surface area is 215 Å². The lowest BCUT2D eigenvalue weighted by Crippen LogP contribution is -2.09. The largest absolute Gasteiger partial charge is 0.355 e. The average Bonchev–Trinajstić information content (AvgIpc) is 3.29. The van der Waals surface area contributed by atoms with Gasteiger partial charge in [-0.25, -0.2) is 0 Å². The Hall–Kier alpha value is -3.82. The number of aromatic amines is 1. The summed E-state index contributed by atoms with van der Waals surface area (Å²) in [4.78, 5) is 5.79. The lowest BCUT2D eigenvalue weighted by atomic mass is 10.0. The molecule has 0 spiro atoms. The molecule has 0 aliphatic heterocycles. The number of alkyl halides is 1. The summed E-state index contributed by atoms with van der Waals surface area (Å²) in [7, 11) is 0. The van der Waals surface area contributed by atoms with E-state index < -0.39 is 0 Å². The van der Waals surface area contributed by atoms with E-state index in [0.29, 0.717) is 0 Å². The molecule has 1 N–H and O–H groups in total. The SMILES string of the molecule is CCBr.c1ccc(N(c2ccccc2)c2ccc(-c3ccc4[nH]c5ccccc5c4c3)cc2)cc1. The van der Waals surface area contributed by atoms with E-state index in [1.165, 1.54) is 32.9 Å². The molecule has 0 amide bonds. The molecule has 172 valence electrons. The molecule has 0 fully saturated rings. The fraction of sp³-hybridized carbons (Fsp3) is 0.0625. The highest BCUT2D eigenvalue weighted by molar-refractivity contribution is 9.09. The highest BCUT2D eigenvalue weighted by Gasteiger charge is 2.12. The number of aromatic nitrogens is 1. The minimum atomic E-state index is 1.06. The number of H-pyrrole nitrogens is 1. The first-order valence-corrected chi connectivity index (χ1v) is 13.0. The molecule has 5 aromatic carbocycles. The lowest BCUT2D eigenvalue weighted by molar-refractivity contribution is 1.28. The van der Waals surface area contributed by atoms with Gasteiger partial charge in [-0.2, -0.15) is 0 Å². The first-order valence-electron chi connectivity index (χ1n) is 11.9. The average molecular weight is 519 g/mol. The number of benzene rings is 5. The molecule has 0 atom stereocenters. The summed E-state index contributed by atoms with van der Waals surface area (Å²) in [5.41, 5.74) is 8.21. The van der Waals surface area contributed by atoms with E-state index in [2.05, 4.69) is 153 Å². The molecular weight excluding hydrogens is 492 g/mol. The van der Waals surface area contributed by atoms with Crippen LogP contribution >= 0.6 is 15.9 Å². The van der Waals surface area contributed by atoms with Crippen LogP contribution in [0.1, 0.15) is 6.92 Å². The molecule has 0 unspecified atom stereocenters. The molecule has 3 heteroatoms. The predicted octanol–water partition coefficient (Wildman–Crippen LogP) is 9.86. The zero-order valence-corrected chi connectivity index (χ0v) is 21.2. The zero-order chi connectivity index (χ0) is 24.0. The van der Waals surface area contributed by atoms with Crippen molar-refractivity contribution < 1.29 is 0 Å². The molecular formula is C32H27BrN2. The normalized spacial score (nSPS) is 10.7. The topological polar surface area (TPSA) is 19.0 Å². The monoisotopic (exact) mass is 518 g/mol. The van der Waals surface area contributed by atoms with Crippen LogP contribution in [0.25, 0.3) is 32.9 Å². The van der Waals surface area contributed by atoms with Crippen molar-refractivity contribution >= 4 is 54.8 Å². The van der Waals surface area contributed by atoms with Gasteiger partial charge in [0.15, 0.2) is 0 Å². The predicted molar refractivity (Wildman–Crippen MR) is 155 cm³/mol. The van der Waals surface area contributed by atoms with Gasteiger partial charge in [0.1, 0.15) is 0 Å². The van der Waals surface area contributed by atoms with E-state index in [1.54, 1.807) is 0 Å². The summed E-state index contributed by atoms with van der Waals surface area (Å²) in [5.74, 6) is 0. The van der Waals surface area contributed by atoms with Gasteiger partial charge in [-0.05, 0) is 65.7 Å². The van der Waals surface area contributed by atoms with Crippen molar-refractivity contribution in [3.05, 3.63) is 127 Å². The minimum Gasteiger partial charge on any atom is -0.355 e. The number of halogens is 1. The van der Waals surface area contributed by atoms with Gasteiger partial charge in [-0.1, -0.05) is 95.7 Å². The van der Waals surface area contributed by atoms with E-state index in [-0.39, 0.29) is 0 Å². The van der Waals surface area contributed by atoms with Crippen molar-refractivity contribution in [2.24, 2.45) is 0 Å². The third kappa shape index (κ3) is 4.87. The second-order valence-electron chi connectivity index (χ2n) is 8.25. The standard InChI is InChI=1S/C30H22N2.C2H5Br/c1-3-9-24(10-4-1)32(25-11-5-2-6-12-25)26-18-15-22(16-19-26)23-17-20-30-28(21-23)27-13-7-8-14-29(27)31-30;1-2-3/h1-21,31H;2H2,1H3. The Morgan fingerprint density at radius 2 is 1.03 bits per heavy atom. The maximum Gasteiger partial charge on any atom is 0.0465 e. The number of hydrogen-bond donors (Lipinski definition) is 1. The molecule has 0 aliphatic carbocycles. The van der Waals surface area contributed by atoms with Crippen molar-refractivity contribution in [3.63, 3.8) is 0 Å². The van der Waals surface area contributed by atoms with Gasteiger partial charge in [0.25, 0.3) is 0 Å². The molecule has 0 saturated heterocycles. The molecule has 2 nitrogen and oxygen atoms in total. The number of para-hydroxylation sites is 3. The Morgan fingerprint density at radius 3 is 1.66 bits per heavy atom. The molecule has 35 heavy (non-hydrogen) atoms. The van der Waals surface area contributed by atoms with E-state index in [9.17, 15) is 0 Å². The van der Waals surface area contributed by atoms with Crippen LogP contribution in [0, 0.1) is 0 Å². The van der Waals surface area contributed by atoms with Crippen molar-refractivity contribution in [3.8, 4) is 11.1 Å². The van der Waals surface area contributed by atoms with Crippen molar-refractivity contribution in [1.29, 1.82) is 0 Å². The summed E-state index contributed by atoms with van der Waals surface area (Å²) in [6.45, 7) is 2.04. The summed E-state index contributed by atoms with van der Waals surface area (Å²) < 4.78 is 0. The van der Waals surface area contributed by atoms with E-state index in [1.807, 2.05) is 6.92 Å². The van der Waals surface area contributed by atoms with Crippen LogP contribution in [0.5, 0.6) is 0 Å². The van der Waals surface area contributed by atoms with Crippen LogP contribution in [0.15, 0.2) is 127 Å². The second kappa shape index (κ2) is 10.6. The first-order chi connectivity index (χ1) is 17.3. The Balaban J connectivity index is 0.000000806. The van der Waals surface area contributed by atoms with Crippen molar-refractivity contribution in [1.82, 2.24) is 4.98 Å². The van der Waals surface area contributed by atoms with Crippen LogP contribution in [-0.4, -0.2) is 10.3 Å². The van der Waals surface area contributed by atoms with Gasteiger partial charge in [0.2, 0.25) is 0 Å². The number of hydrogen-bond acceptors (Lipinski definition) is 1. The fourth-order valence-electron chi connectivity index (χ4n) is 4.43. The Kier molecular flexibility index (Phi) is 6.97. The summed E-state index contributed by atoms with van der Waals surface area (Å²) in [6.07, 6.45) is 0. The summed E-state index contributed by atoms with van der Waals surface area (Å²) in [5, 5.41) is 3.59. The molecule has 0 aliphatic rings. The maximum atomic E-state index is 3.51. The van der Waals surface area contributed by atoms with Gasteiger partial charge < -0.3 is 9.88 Å². The molecule has 6 aromatic rings. The number of rotatable bonds is 4. The first kappa shape index (κ1) is 22.9. The van der Waals surface area contributed by atoms with E-state index >= 15 is 0 Å². The van der Waals surface area contributed by atoms with Gasteiger partial charge in [-0.15, -0.1) is 0 Å². The zero-order valence-electron chi connectivity index (χ0n) is 19.7. The minimum absolute atomic E-state index is 1.06. The van der Waals surface area contributed by atoms with Crippen LogP contribution in [0.4, 0.5) is 17.1 Å². The Bertz CT molecular complexity index is 1480. The van der Waals surface area contributed by atoms with E-state index in [4.69, 9.17) is 0 Å². The van der Waals surface area contributed by atoms with Gasteiger partial charge >= 0.3 is 0 Å². The highest BCUT2D eigenvalue weighted by Crippen LogP contribution is 2.36. The Morgan fingerprint density at radius 1 is 0.543 bits per heavy atom. The number of nitrogens with one attached hydrogen (secondary N) is 1. The smallest absolute Gasteiger partial charge is 0.0465 e. The van der Waals surface area contributed by atoms with Crippen LogP contribution in [-0.2, 0) is 0 Å². The van der Waals surface area contributed by atoms with Gasteiger partial charge in [0.05, 0.1) is 0 Å². The van der Waals surface area contributed by atoms with E-state index in [0.717, 1.165) is 22.4 Å². The molecule has 6 rings (SSSR count). The third-order valence-corrected chi connectivity index (χ3v) is 5.99. The van der Waals surface area contributed by atoms with Crippen LogP contribution in [0.2, 0.25) is 0 Å². The van der Waals surface area contributed by atoms with Gasteiger partial charge in [-0.3, -0.25) is 0 Å². The third-order valence-electron chi connectivity index (χ3n) is 5.99.